The molecule has 2 aromatic carbocycles. The van der Waals surface area contributed by atoms with Gasteiger partial charge in [0.15, 0.2) is 6.54 Å². The maximum atomic E-state index is 12.5. The molecule has 27 heavy (non-hydrogen) atoms. The van der Waals surface area contributed by atoms with Crippen molar-refractivity contribution in [1.29, 1.82) is 0 Å². The summed E-state index contributed by atoms with van der Waals surface area (Å²) >= 11 is 1.81. The van der Waals surface area contributed by atoms with Gasteiger partial charge in [-0.3, -0.25) is 4.79 Å². The fourth-order valence-corrected chi connectivity index (χ4v) is 4.94. The minimum absolute atomic E-state index is 0.0956. The van der Waals surface area contributed by atoms with E-state index in [-0.39, 0.29) is 5.91 Å². The topological polar surface area (TPSA) is 46.4 Å². The van der Waals surface area contributed by atoms with Gasteiger partial charge in [-0.05, 0) is 62.1 Å². The van der Waals surface area contributed by atoms with Crippen LogP contribution in [-0.4, -0.2) is 30.5 Å². The summed E-state index contributed by atoms with van der Waals surface area (Å²) in [6.07, 6.45) is 2.31. The quantitative estimate of drug-likeness (QED) is 0.729. The predicted octanol–water partition coefficient (Wildman–Crippen LogP) is 3.31. The maximum absolute atomic E-state index is 12.5. The number of amides is 1. The summed E-state index contributed by atoms with van der Waals surface area (Å²) in [5.74, 6) is 0.554. The van der Waals surface area contributed by atoms with E-state index in [1.165, 1.54) is 32.2 Å². The number of thiazole rings is 1. The van der Waals surface area contributed by atoms with Crippen molar-refractivity contribution in [3.05, 3.63) is 58.6 Å². The Balaban J connectivity index is 1.39. The van der Waals surface area contributed by atoms with E-state index in [1.807, 2.05) is 18.2 Å². The largest absolute Gasteiger partial charge is 0.327 e. The Morgan fingerprint density at radius 3 is 2.89 bits per heavy atom. The highest BCUT2D eigenvalue weighted by molar-refractivity contribution is 7.18. The highest BCUT2D eigenvalue weighted by Gasteiger charge is 2.28. The van der Waals surface area contributed by atoms with Crippen molar-refractivity contribution in [2.75, 3.05) is 25.0 Å². The van der Waals surface area contributed by atoms with Gasteiger partial charge in [-0.1, -0.05) is 18.2 Å². The third-order valence-electron chi connectivity index (χ3n) is 5.48. The smallest absolute Gasteiger partial charge is 0.279 e. The standard InChI is InChI=1S/C22H25N3OS/c1-15-9-10-18(12-16(15)2)23-21(26)14-25-11-5-6-17(13-25)22-24-19-7-3-4-8-20(19)27-22/h3-4,7-10,12,17H,5-6,11,13-14H2,1-2H3,(H,23,26)/p+1/t17-/m1/s1. The molecule has 1 aliphatic heterocycles. The van der Waals surface area contributed by atoms with E-state index < -0.39 is 0 Å². The predicted molar refractivity (Wildman–Crippen MR) is 112 cm³/mol. The number of piperidine rings is 1. The highest BCUT2D eigenvalue weighted by Crippen LogP contribution is 2.30. The first kappa shape index (κ1) is 18.1. The number of carbonyl (C=O) groups is 1. The van der Waals surface area contributed by atoms with Crippen LogP contribution in [0.1, 0.15) is 34.9 Å². The normalized spacial score (nSPS) is 19.9. The van der Waals surface area contributed by atoms with E-state index in [9.17, 15) is 4.79 Å². The number of carbonyl (C=O) groups excluding carboxylic acids is 1. The fraction of sp³-hybridized carbons (Fsp3) is 0.364. The molecule has 4 nitrogen and oxygen atoms in total. The Labute approximate surface area is 164 Å². The molecule has 0 radical (unpaired) electrons. The van der Waals surface area contributed by atoms with Crippen molar-refractivity contribution >= 4 is 33.1 Å². The number of likely N-dealkylation sites (tertiary alicyclic amines) is 1. The lowest BCUT2D eigenvalue weighted by Gasteiger charge is -2.28. The summed E-state index contributed by atoms with van der Waals surface area (Å²) in [4.78, 5) is 18.7. The lowest BCUT2D eigenvalue weighted by atomic mass is 9.99. The minimum Gasteiger partial charge on any atom is -0.327 e. The number of fused-ring (bicyclic) bond motifs is 1. The molecule has 140 valence electrons. The maximum Gasteiger partial charge on any atom is 0.279 e. The highest BCUT2D eigenvalue weighted by atomic mass is 32.1. The first-order chi connectivity index (χ1) is 13.1. The lowest BCUT2D eigenvalue weighted by Crippen LogP contribution is -3.14. The van der Waals surface area contributed by atoms with E-state index >= 15 is 0 Å². The third kappa shape index (κ3) is 4.20. The monoisotopic (exact) mass is 380 g/mol. The van der Waals surface area contributed by atoms with Gasteiger partial charge in [0, 0.05) is 5.69 Å². The van der Waals surface area contributed by atoms with Gasteiger partial charge in [-0.15, -0.1) is 11.3 Å². The summed E-state index contributed by atoms with van der Waals surface area (Å²) < 4.78 is 1.26. The number of hydrogen-bond acceptors (Lipinski definition) is 3. The molecule has 1 amide bonds. The zero-order valence-electron chi connectivity index (χ0n) is 15.9. The van der Waals surface area contributed by atoms with Gasteiger partial charge >= 0.3 is 0 Å². The molecular weight excluding hydrogens is 354 g/mol. The molecule has 1 aromatic heterocycles. The number of aryl methyl sites for hydroxylation is 2. The number of quaternary nitrogens is 1. The zero-order valence-corrected chi connectivity index (χ0v) is 16.7. The van der Waals surface area contributed by atoms with Crippen molar-refractivity contribution < 1.29 is 9.69 Å². The first-order valence-electron chi connectivity index (χ1n) is 9.64. The average Bonchev–Trinajstić information content (AvgIpc) is 3.09. The molecule has 2 atom stereocenters. The molecule has 1 aliphatic rings. The number of rotatable bonds is 4. The molecule has 2 heterocycles. The Bertz CT molecular complexity index is 932. The minimum atomic E-state index is 0.0956. The van der Waals surface area contributed by atoms with Crippen molar-refractivity contribution in [2.45, 2.75) is 32.6 Å². The Kier molecular flexibility index (Phi) is 5.23. The van der Waals surface area contributed by atoms with Crippen LogP contribution in [0, 0.1) is 13.8 Å². The molecule has 0 aliphatic carbocycles. The molecule has 1 fully saturated rings. The SMILES string of the molecule is Cc1ccc(NC(=O)C[NH+]2CCC[C@@H](c3nc4ccccc4s3)C2)cc1C. The molecule has 0 saturated carbocycles. The van der Waals surface area contributed by atoms with Crippen LogP contribution in [0.15, 0.2) is 42.5 Å². The van der Waals surface area contributed by atoms with Gasteiger partial charge < -0.3 is 10.2 Å². The Hall–Kier alpha value is -2.24. The number of hydrogen-bond donors (Lipinski definition) is 2. The molecule has 4 rings (SSSR count). The Morgan fingerprint density at radius 2 is 2.07 bits per heavy atom. The molecule has 2 N–H and O–H groups in total. The summed E-state index contributed by atoms with van der Waals surface area (Å²) in [5.41, 5.74) is 4.43. The van der Waals surface area contributed by atoms with E-state index in [4.69, 9.17) is 4.98 Å². The van der Waals surface area contributed by atoms with Gasteiger partial charge in [0.25, 0.3) is 5.91 Å². The van der Waals surface area contributed by atoms with Gasteiger partial charge in [0.1, 0.15) is 5.01 Å². The van der Waals surface area contributed by atoms with Gasteiger partial charge in [0.05, 0.1) is 29.2 Å². The van der Waals surface area contributed by atoms with Gasteiger partial charge in [-0.25, -0.2) is 4.98 Å². The van der Waals surface area contributed by atoms with E-state index in [2.05, 4.69) is 43.4 Å². The van der Waals surface area contributed by atoms with Crippen LogP contribution in [0.3, 0.4) is 0 Å². The van der Waals surface area contributed by atoms with Crippen molar-refractivity contribution in [1.82, 2.24) is 4.98 Å². The zero-order chi connectivity index (χ0) is 18.8. The summed E-state index contributed by atoms with van der Waals surface area (Å²) in [6, 6.07) is 14.4. The van der Waals surface area contributed by atoms with Crippen molar-refractivity contribution in [3.8, 4) is 0 Å². The van der Waals surface area contributed by atoms with Crippen LogP contribution in [0.5, 0.6) is 0 Å². The average molecular weight is 381 g/mol. The molecular formula is C22H26N3OS+. The summed E-state index contributed by atoms with van der Waals surface area (Å²) in [6.45, 7) is 6.72. The second-order valence-electron chi connectivity index (χ2n) is 7.59. The molecule has 0 spiro atoms. The molecule has 1 unspecified atom stereocenters. The number of nitrogens with one attached hydrogen (secondary N) is 2. The molecule has 1 saturated heterocycles. The van der Waals surface area contributed by atoms with Crippen molar-refractivity contribution in [2.24, 2.45) is 0 Å². The van der Waals surface area contributed by atoms with E-state index in [1.54, 1.807) is 11.3 Å². The van der Waals surface area contributed by atoms with Crippen LogP contribution in [-0.2, 0) is 4.79 Å². The van der Waals surface area contributed by atoms with Gasteiger partial charge in [0.2, 0.25) is 0 Å². The van der Waals surface area contributed by atoms with Crippen LogP contribution in [0.2, 0.25) is 0 Å². The molecule has 3 aromatic rings. The fourth-order valence-electron chi connectivity index (χ4n) is 3.84. The van der Waals surface area contributed by atoms with Crippen LogP contribution in [0.25, 0.3) is 10.2 Å². The van der Waals surface area contributed by atoms with Crippen LogP contribution >= 0.6 is 11.3 Å². The van der Waals surface area contributed by atoms with Crippen LogP contribution < -0.4 is 10.2 Å². The van der Waals surface area contributed by atoms with Crippen LogP contribution in [0.4, 0.5) is 5.69 Å². The second kappa shape index (κ2) is 7.79. The Morgan fingerprint density at radius 1 is 1.22 bits per heavy atom. The molecule has 0 bridgehead atoms. The first-order valence-corrected chi connectivity index (χ1v) is 10.5. The number of nitrogens with zero attached hydrogens (tertiary/aromatic N) is 1. The lowest BCUT2D eigenvalue weighted by molar-refractivity contribution is -0.898. The summed E-state index contributed by atoms with van der Waals surface area (Å²) in [7, 11) is 0. The van der Waals surface area contributed by atoms with Gasteiger partial charge in [-0.2, -0.15) is 0 Å². The third-order valence-corrected chi connectivity index (χ3v) is 6.68. The van der Waals surface area contributed by atoms with E-state index in [0.29, 0.717) is 12.5 Å². The summed E-state index contributed by atoms with van der Waals surface area (Å²) in [5, 5.41) is 4.29. The number of anilines is 1. The number of para-hydroxylation sites is 1. The van der Waals surface area contributed by atoms with E-state index in [0.717, 1.165) is 30.7 Å². The van der Waals surface area contributed by atoms with Crippen molar-refractivity contribution in [3.63, 3.8) is 0 Å². The second-order valence-corrected chi connectivity index (χ2v) is 8.65. The molecule has 5 heteroatoms. The number of aromatic nitrogens is 1. The number of benzene rings is 2.